The van der Waals surface area contributed by atoms with E-state index in [1.165, 1.54) is 11.0 Å². The lowest BCUT2D eigenvalue weighted by molar-refractivity contribution is -0.151. The van der Waals surface area contributed by atoms with Crippen LogP contribution in [0.3, 0.4) is 0 Å². The Kier molecular flexibility index (Phi) is 7.97. The van der Waals surface area contributed by atoms with Crippen molar-refractivity contribution in [3.8, 4) is 17.2 Å². The molecule has 1 heterocycles. The summed E-state index contributed by atoms with van der Waals surface area (Å²) in [5, 5.41) is 3.24. The van der Waals surface area contributed by atoms with Gasteiger partial charge in [-0.1, -0.05) is 35.3 Å². The minimum atomic E-state index is -0.686. The van der Waals surface area contributed by atoms with E-state index in [1.54, 1.807) is 55.6 Å². The second-order valence-corrected chi connectivity index (χ2v) is 8.78. The molecule has 0 aromatic heterocycles. The lowest BCUT2D eigenvalue weighted by Gasteiger charge is -2.17. The van der Waals surface area contributed by atoms with Crippen LogP contribution in [0.25, 0.3) is 0 Å². The van der Waals surface area contributed by atoms with E-state index in [0.717, 1.165) is 0 Å². The monoisotopic (exact) mass is 528 g/mol. The molecule has 8 nitrogen and oxygen atoms in total. The van der Waals surface area contributed by atoms with Gasteiger partial charge in [0, 0.05) is 23.7 Å². The van der Waals surface area contributed by atoms with Gasteiger partial charge >= 0.3 is 5.97 Å². The highest BCUT2D eigenvalue weighted by Gasteiger charge is 2.36. The van der Waals surface area contributed by atoms with Crippen molar-refractivity contribution in [1.82, 2.24) is 0 Å². The maximum absolute atomic E-state index is 12.6. The molecule has 2 amide bonds. The van der Waals surface area contributed by atoms with Gasteiger partial charge in [-0.3, -0.25) is 14.4 Å². The van der Waals surface area contributed by atoms with Gasteiger partial charge in [-0.15, -0.1) is 0 Å². The summed E-state index contributed by atoms with van der Waals surface area (Å²) in [6, 6.07) is 18.8. The zero-order valence-corrected chi connectivity index (χ0v) is 20.7. The quantitative estimate of drug-likeness (QED) is 0.397. The zero-order chi connectivity index (χ0) is 25.7. The first-order valence-electron chi connectivity index (χ1n) is 11.0. The van der Waals surface area contributed by atoms with Gasteiger partial charge in [-0.25, -0.2) is 0 Å². The topological polar surface area (TPSA) is 94.2 Å². The van der Waals surface area contributed by atoms with Gasteiger partial charge in [0.1, 0.15) is 5.75 Å². The third-order valence-corrected chi connectivity index (χ3v) is 6.00. The third kappa shape index (κ3) is 6.08. The Balaban J connectivity index is 1.31. The minimum Gasteiger partial charge on any atom is -0.493 e. The number of halogens is 2. The number of methoxy groups -OCH3 is 1. The lowest BCUT2D eigenvalue weighted by atomic mass is 10.1. The molecule has 0 aliphatic carbocycles. The first-order valence-corrected chi connectivity index (χ1v) is 11.7. The smallest absolute Gasteiger partial charge is 0.311 e. The number of para-hydroxylation sites is 2. The first kappa shape index (κ1) is 25.3. The van der Waals surface area contributed by atoms with Gasteiger partial charge in [-0.05, 0) is 54.6 Å². The van der Waals surface area contributed by atoms with E-state index in [-0.39, 0.29) is 23.9 Å². The van der Waals surface area contributed by atoms with Crippen LogP contribution in [0.2, 0.25) is 10.0 Å². The van der Waals surface area contributed by atoms with Crippen LogP contribution in [0, 0.1) is 5.92 Å². The molecule has 1 N–H and O–H groups in total. The molecule has 1 fully saturated rings. The Bertz CT molecular complexity index is 1280. The van der Waals surface area contributed by atoms with E-state index < -0.39 is 24.4 Å². The standard InChI is InChI=1S/C26H22Cl2N2O6/c1-34-22-4-2-3-5-23(22)36-19-9-7-18(8-10-19)30-14-16(12-25(30)32)26(33)35-15-24(31)29-21-11-6-17(27)13-20(21)28/h2-11,13,16H,12,14-15H2,1H3,(H,29,31)/t16-/m1/s1. The van der Waals surface area contributed by atoms with Crippen LogP contribution in [-0.2, 0) is 19.1 Å². The van der Waals surface area contributed by atoms with E-state index in [9.17, 15) is 14.4 Å². The van der Waals surface area contributed by atoms with Gasteiger partial charge in [0.25, 0.3) is 5.91 Å². The van der Waals surface area contributed by atoms with Crippen molar-refractivity contribution in [2.45, 2.75) is 6.42 Å². The molecule has 1 atom stereocenters. The number of benzene rings is 3. The third-order valence-electron chi connectivity index (χ3n) is 5.45. The van der Waals surface area contributed by atoms with Gasteiger partial charge in [-0.2, -0.15) is 0 Å². The molecule has 10 heteroatoms. The Morgan fingerprint density at radius 1 is 1.03 bits per heavy atom. The van der Waals surface area contributed by atoms with Crippen molar-refractivity contribution in [2.24, 2.45) is 5.92 Å². The summed E-state index contributed by atoms with van der Waals surface area (Å²) in [4.78, 5) is 38.7. The summed E-state index contributed by atoms with van der Waals surface area (Å²) in [5.41, 5.74) is 0.972. The van der Waals surface area contributed by atoms with E-state index in [4.69, 9.17) is 37.4 Å². The summed E-state index contributed by atoms with van der Waals surface area (Å²) in [7, 11) is 1.56. The van der Waals surface area contributed by atoms with E-state index in [1.807, 2.05) is 12.1 Å². The molecule has 0 saturated carbocycles. The highest BCUT2D eigenvalue weighted by molar-refractivity contribution is 6.36. The molecule has 0 radical (unpaired) electrons. The fourth-order valence-corrected chi connectivity index (χ4v) is 4.13. The van der Waals surface area contributed by atoms with Crippen LogP contribution in [0.4, 0.5) is 11.4 Å². The van der Waals surface area contributed by atoms with Crippen molar-refractivity contribution in [1.29, 1.82) is 0 Å². The van der Waals surface area contributed by atoms with Crippen molar-refractivity contribution in [3.63, 3.8) is 0 Å². The summed E-state index contributed by atoms with van der Waals surface area (Å²) in [6.45, 7) is -0.355. The minimum absolute atomic E-state index is 0.0110. The molecule has 0 bridgehead atoms. The summed E-state index contributed by atoms with van der Waals surface area (Å²) in [5.74, 6) is -0.351. The molecular formula is C26H22Cl2N2O6. The molecule has 3 aromatic rings. The van der Waals surface area contributed by atoms with Gasteiger partial charge in [0.2, 0.25) is 5.91 Å². The van der Waals surface area contributed by atoms with Crippen molar-refractivity contribution >= 4 is 52.4 Å². The predicted octanol–water partition coefficient (Wildman–Crippen LogP) is 5.33. The Labute approximate surface area is 217 Å². The number of ether oxygens (including phenoxy) is 3. The normalized spacial score (nSPS) is 14.9. The van der Waals surface area contributed by atoms with Crippen LogP contribution in [0.5, 0.6) is 17.2 Å². The van der Waals surface area contributed by atoms with Crippen molar-refractivity contribution in [3.05, 3.63) is 76.8 Å². The summed E-state index contributed by atoms with van der Waals surface area (Å²) >= 11 is 11.9. The van der Waals surface area contributed by atoms with Crippen LogP contribution >= 0.6 is 23.2 Å². The number of esters is 1. The molecule has 36 heavy (non-hydrogen) atoms. The second kappa shape index (κ2) is 11.3. The molecule has 4 rings (SSSR count). The Hall–Kier alpha value is -3.75. The van der Waals surface area contributed by atoms with Crippen LogP contribution < -0.4 is 19.7 Å². The van der Waals surface area contributed by atoms with E-state index >= 15 is 0 Å². The zero-order valence-electron chi connectivity index (χ0n) is 19.2. The number of rotatable bonds is 8. The maximum atomic E-state index is 12.6. The molecule has 1 aliphatic heterocycles. The SMILES string of the molecule is COc1ccccc1Oc1ccc(N2C[C@H](C(=O)OCC(=O)Nc3ccc(Cl)cc3Cl)CC2=O)cc1. The molecule has 1 saturated heterocycles. The largest absolute Gasteiger partial charge is 0.493 e. The van der Waals surface area contributed by atoms with Crippen molar-refractivity contribution < 1.29 is 28.6 Å². The number of carbonyl (C=O) groups excluding carboxylic acids is 3. The highest BCUT2D eigenvalue weighted by atomic mass is 35.5. The summed E-state index contributed by atoms with van der Waals surface area (Å²) < 4.78 is 16.3. The van der Waals surface area contributed by atoms with E-state index in [2.05, 4.69) is 5.32 Å². The number of nitrogens with zero attached hydrogens (tertiary/aromatic N) is 1. The maximum Gasteiger partial charge on any atom is 0.311 e. The highest BCUT2D eigenvalue weighted by Crippen LogP contribution is 2.33. The van der Waals surface area contributed by atoms with Crippen molar-refractivity contribution in [2.75, 3.05) is 30.5 Å². The van der Waals surface area contributed by atoms with E-state index in [0.29, 0.717) is 33.6 Å². The molecule has 0 unspecified atom stereocenters. The average molecular weight is 529 g/mol. The molecule has 3 aromatic carbocycles. The fourth-order valence-electron chi connectivity index (χ4n) is 3.67. The van der Waals surface area contributed by atoms with Crippen LogP contribution in [0.15, 0.2) is 66.7 Å². The molecule has 1 aliphatic rings. The molecule has 186 valence electrons. The predicted molar refractivity (Wildman–Crippen MR) is 136 cm³/mol. The van der Waals surface area contributed by atoms with Crippen LogP contribution in [0.1, 0.15) is 6.42 Å². The number of amides is 2. The average Bonchev–Trinajstić information content (AvgIpc) is 3.26. The molecule has 0 spiro atoms. The summed E-state index contributed by atoms with van der Waals surface area (Å²) in [6.07, 6.45) is -0.0110. The van der Waals surface area contributed by atoms with Crippen LogP contribution in [-0.4, -0.2) is 38.0 Å². The molecular weight excluding hydrogens is 507 g/mol. The first-order chi connectivity index (χ1) is 17.3. The number of nitrogens with one attached hydrogen (secondary N) is 1. The lowest BCUT2D eigenvalue weighted by Crippen LogP contribution is -2.28. The fraction of sp³-hybridized carbons (Fsp3) is 0.192. The second-order valence-electron chi connectivity index (χ2n) is 7.93. The Morgan fingerprint density at radius 3 is 2.44 bits per heavy atom. The number of anilines is 2. The van der Waals surface area contributed by atoms with Gasteiger partial charge < -0.3 is 24.4 Å². The Morgan fingerprint density at radius 2 is 1.75 bits per heavy atom. The number of hydrogen-bond donors (Lipinski definition) is 1. The number of hydrogen-bond acceptors (Lipinski definition) is 6. The van der Waals surface area contributed by atoms with Gasteiger partial charge in [0.15, 0.2) is 18.1 Å². The van der Waals surface area contributed by atoms with Gasteiger partial charge in [0.05, 0.1) is 23.7 Å². The number of carbonyl (C=O) groups is 3.